The van der Waals surface area contributed by atoms with Crippen LogP contribution >= 0.6 is 0 Å². The normalized spacial score (nSPS) is 17.4. The Hall–Kier alpha value is -2.43. The van der Waals surface area contributed by atoms with Crippen molar-refractivity contribution < 1.29 is 13.6 Å². The number of carbonyl (C=O) groups excluding carboxylic acids is 1. The lowest BCUT2D eigenvalue weighted by Crippen LogP contribution is -2.45. The third-order valence-corrected chi connectivity index (χ3v) is 3.64. The number of nitrogens with zero attached hydrogens (tertiary/aromatic N) is 1. The molecular weight excluding hydrogens is 273 g/mol. The SMILES string of the molecule is Cc1cc(=O)cc(C(=O)N2CCC2c2ccc(F)cc2)o1. The lowest BCUT2D eigenvalue weighted by Gasteiger charge is -2.41. The molecule has 1 aromatic heterocycles. The Balaban J connectivity index is 1.85. The van der Waals surface area contributed by atoms with Gasteiger partial charge in [0.15, 0.2) is 11.2 Å². The number of likely N-dealkylation sites (tertiary alicyclic amines) is 1. The van der Waals surface area contributed by atoms with E-state index in [1.807, 2.05) is 0 Å². The van der Waals surface area contributed by atoms with Gasteiger partial charge in [0.25, 0.3) is 5.91 Å². The van der Waals surface area contributed by atoms with Crippen molar-refractivity contribution in [1.82, 2.24) is 4.90 Å². The zero-order valence-electron chi connectivity index (χ0n) is 11.5. The largest absolute Gasteiger partial charge is 0.456 e. The van der Waals surface area contributed by atoms with Crippen LogP contribution in [0.5, 0.6) is 0 Å². The standard InChI is InChI=1S/C16H14FNO3/c1-10-8-13(19)9-15(21-10)16(20)18-7-6-14(18)11-2-4-12(17)5-3-11/h2-5,8-9,14H,6-7H2,1H3. The minimum atomic E-state index is -0.309. The molecule has 0 N–H and O–H groups in total. The summed E-state index contributed by atoms with van der Waals surface area (Å²) in [5, 5.41) is 0. The summed E-state index contributed by atoms with van der Waals surface area (Å²) in [5.41, 5.74) is 0.631. The van der Waals surface area contributed by atoms with Gasteiger partial charge in [-0.05, 0) is 31.0 Å². The highest BCUT2D eigenvalue weighted by atomic mass is 19.1. The fourth-order valence-electron chi connectivity index (χ4n) is 2.51. The fraction of sp³-hybridized carbons (Fsp3) is 0.250. The molecular formula is C16H14FNO3. The molecule has 4 nitrogen and oxygen atoms in total. The summed E-state index contributed by atoms with van der Waals surface area (Å²) in [6, 6.07) is 8.55. The number of benzene rings is 1. The Morgan fingerprint density at radius 2 is 2.00 bits per heavy atom. The average molecular weight is 287 g/mol. The van der Waals surface area contributed by atoms with Crippen LogP contribution in [0.25, 0.3) is 0 Å². The molecule has 0 bridgehead atoms. The summed E-state index contributed by atoms with van der Waals surface area (Å²) in [6.07, 6.45) is 0.813. The second-order valence-corrected chi connectivity index (χ2v) is 5.12. The molecule has 1 atom stereocenters. The van der Waals surface area contributed by atoms with Crippen molar-refractivity contribution >= 4 is 5.91 Å². The van der Waals surface area contributed by atoms with Crippen molar-refractivity contribution in [2.24, 2.45) is 0 Å². The Morgan fingerprint density at radius 3 is 2.57 bits per heavy atom. The topological polar surface area (TPSA) is 50.5 Å². The van der Waals surface area contributed by atoms with Crippen molar-refractivity contribution in [2.45, 2.75) is 19.4 Å². The zero-order chi connectivity index (χ0) is 15.0. The van der Waals surface area contributed by atoms with E-state index in [9.17, 15) is 14.0 Å². The van der Waals surface area contributed by atoms with Crippen LogP contribution in [0, 0.1) is 12.7 Å². The van der Waals surface area contributed by atoms with Crippen LogP contribution in [0.15, 0.2) is 45.6 Å². The average Bonchev–Trinajstić information content (AvgIpc) is 2.39. The minimum Gasteiger partial charge on any atom is -0.456 e. The monoisotopic (exact) mass is 287 g/mol. The predicted molar refractivity (Wildman–Crippen MR) is 74.5 cm³/mol. The molecule has 2 aromatic rings. The van der Waals surface area contributed by atoms with E-state index in [2.05, 4.69) is 0 Å². The lowest BCUT2D eigenvalue weighted by molar-refractivity contribution is 0.0423. The maximum Gasteiger partial charge on any atom is 0.290 e. The van der Waals surface area contributed by atoms with Gasteiger partial charge in [-0.15, -0.1) is 0 Å². The molecule has 0 radical (unpaired) electrons. The van der Waals surface area contributed by atoms with Crippen molar-refractivity contribution in [1.29, 1.82) is 0 Å². The van der Waals surface area contributed by atoms with Crippen LogP contribution in [-0.4, -0.2) is 17.4 Å². The van der Waals surface area contributed by atoms with Gasteiger partial charge in [0.2, 0.25) is 0 Å². The molecule has 0 saturated carbocycles. The quantitative estimate of drug-likeness (QED) is 0.853. The van der Waals surface area contributed by atoms with Crippen molar-refractivity contribution in [3.63, 3.8) is 0 Å². The first-order valence-electron chi connectivity index (χ1n) is 6.73. The molecule has 3 rings (SSSR count). The number of amides is 1. The molecule has 1 fully saturated rings. The molecule has 1 amide bonds. The Bertz CT molecular complexity index is 736. The van der Waals surface area contributed by atoms with Crippen molar-refractivity contribution in [3.8, 4) is 0 Å². The van der Waals surface area contributed by atoms with Gasteiger partial charge >= 0.3 is 0 Å². The third-order valence-electron chi connectivity index (χ3n) is 3.64. The highest BCUT2D eigenvalue weighted by molar-refractivity contribution is 5.92. The van der Waals surface area contributed by atoms with Crippen LogP contribution < -0.4 is 5.43 Å². The predicted octanol–water partition coefficient (Wildman–Crippen LogP) is 2.67. The number of carbonyl (C=O) groups is 1. The molecule has 1 unspecified atom stereocenters. The molecule has 0 spiro atoms. The summed E-state index contributed by atoms with van der Waals surface area (Å²) in [4.78, 5) is 25.5. The number of hydrogen-bond acceptors (Lipinski definition) is 3. The summed E-state index contributed by atoms with van der Waals surface area (Å²) >= 11 is 0. The van der Waals surface area contributed by atoms with Gasteiger partial charge in [0.1, 0.15) is 11.6 Å². The van der Waals surface area contributed by atoms with E-state index in [0.29, 0.717) is 12.3 Å². The third kappa shape index (κ3) is 2.59. The smallest absolute Gasteiger partial charge is 0.290 e. The summed E-state index contributed by atoms with van der Waals surface area (Å²) < 4.78 is 18.3. The first-order valence-corrected chi connectivity index (χ1v) is 6.73. The van der Waals surface area contributed by atoms with E-state index in [1.165, 1.54) is 24.3 Å². The van der Waals surface area contributed by atoms with E-state index >= 15 is 0 Å². The Morgan fingerprint density at radius 1 is 1.29 bits per heavy atom. The fourth-order valence-corrected chi connectivity index (χ4v) is 2.51. The van der Waals surface area contributed by atoms with Gasteiger partial charge in [0.05, 0.1) is 6.04 Å². The van der Waals surface area contributed by atoms with Crippen LogP contribution in [-0.2, 0) is 0 Å². The Kier molecular flexibility index (Phi) is 3.33. The summed E-state index contributed by atoms with van der Waals surface area (Å²) in [7, 11) is 0. The first-order chi connectivity index (χ1) is 10.0. The van der Waals surface area contributed by atoms with Crippen molar-refractivity contribution in [3.05, 3.63) is 69.5 Å². The van der Waals surface area contributed by atoms with Crippen LogP contribution in [0.3, 0.4) is 0 Å². The van der Waals surface area contributed by atoms with Gasteiger partial charge < -0.3 is 9.32 Å². The molecule has 0 aliphatic carbocycles. The van der Waals surface area contributed by atoms with Crippen LogP contribution in [0.4, 0.5) is 4.39 Å². The highest BCUT2D eigenvalue weighted by Crippen LogP contribution is 2.34. The van der Waals surface area contributed by atoms with Gasteiger partial charge in [-0.25, -0.2) is 4.39 Å². The number of halogens is 1. The molecule has 2 heterocycles. The minimum absolute atomic E-state index is 0.0480. The molecule has 1 aromatic carbocycles. The summed E-state index contributed by atoms with van der Waals surface area (Å²) in [6.45, 7) is 2.23. The van der Waals surface area contributed by atoms with E-state index < -0.39 is 0 Å². The van der Waals surface area contributed by atoms with E-state index in [-0.39, 0.29) is 29.0 Å². The molecule has 108 valence electrons. The van der Waals surface area contributed by atoms with Crippen LogP contribution in [0.1, 0.15) is 34.3 Å². The molecule has 5 heteroatoms. The summed E-state index contributed by atoms with van der Waals surface area (Å²) in [5.74, 6) is -0.159. The Labute approximate surface area is 120 Å². The van der Waals surface area contributed by atoms with E-state index in [0.717, 1.165) is 12.0 Å². The second kappa shape index (κ2) is 5.16. The number of rotatable bonds is 2. The van der Waals surface area contributed by atoms with Gasteiger partial charge in [-0.1, -0.05) is 12.1 Å². The van der Waals surface area contributed by atoms with E-state index in [4.69, 9.17) is 4.42 Å². The number of hydrogen-bond donors (Lipinski definition) is 0. The first kappa shape index (κ1) is 13.5. The van der Waals surface area contributed by atoms with Gasteiger partial charge in [-0.2, -0.15) is 0 Å². The van der Waals surface area contributed by atoms with Gasteiger partial charge in [0, 0.05) is 18.7 Å². The lowest BCUT2D eigenvalue weighted by atomic mass is 9.94. The maximum absolute atomic E-state index is 13.0. The maximum atomic E-state index is 13.0. The molecule has 1 aliphatic rings. The van der Waals surface area contributed by atoms with Crippen molar-refractivity contribution in [2.75, 3.05) is 6.54 Å². The van der Waals surface area contributed by atoms with E-state index in [1.54, 1.807) is 24.0 Å². The highest BCUT2D eigenvalue weighted by Gasteiger charge is 2.35. The number of aryl methyl sites for hydroxylation is 1. The molecule has 21 heavy (non-hydrogen) atoms. The zero-order valence-corrected chi connectivity index (χ0v) is 11.5. The molecule has 1 aliphatic heterocycles. The van der Waals surface area contributed by atoms with Crippen LogP contribution in [0.2, 0.25) is 0 Å². The second-order valence-electron chi connectivity index (χ2n) is 5.12. The molecule has 1 saturated heterocycles. The van der Waals surface area contributed by atoms with Gasteiger partial charge in [-0.3, -0.25) is 9.59 Å².